The van der Waals surface area contributed by atoms with Gasteiger partial charge in [-0.2, -0.15) is 0 Å². The molecule has 1 saturated heterocycles. The zero-order valence-corrected chi connectivity index (χ0v) is 20.5. The predicted octanol–water partition coefficient (Wildman–Crippen LogP) is 5.06. The van der Waals surface area contributed by atoms with Crippen LogP contribution in [0.5, 0.6) is 5.75 Å². The maximum atomic E-state index is 13.5. The number of nitrogens with one attached hydrogen (secondary N) is 1. The second-order valence-electron chi connectivity index (χ2n) is 8.00. The largest absolute Gasteiger partial charge is 0.497 e. The van der Waals surface area contributed by atoms with Crippen LogP contribution in [-0.4, -0.2) is 41.5 Å². The second-order valence-corrected chi connectivity index (χ2v) is 8.80. The fourth-order valence-electron chi connectivity index (χ4n) is 3.88. The van der Waals surface area contributed by atoms with Gasteiger partial charge in [0.1, 0.15) is 17.6 Å². The molecular formula is C26H23ClFN3O3S. The maximum absolute atomic E-state index is 13.5. The summed E-state index contributed by atoms with van der Waals surface area (Å²) < 4.78 is 18.4. The molecule has 0 saturated carbocycles. The molecule has 0 spiro atoms. The van der Waals surface area contributed by atoms with Gasteiger partial charge in [-0.1, -0.05) is 23.7 Å². The Hall–Kier alpha value is -3.49. The molecule has 180 valence electrons. The molecule has 1 aliphatic heterocycles. The van der Waals surface area contributed by atoms with Crippen molar-refractivity contribution in [3.63, 3.8) is 0 Å². The van der Waals surface area contributed by atoms with Crippen LogP contribution in [0.4, 0.5) is 15.8 Å². The smallest absolute Gasteiger partial charge is 0.256 e. The van der Waals surface area contributed by atoms with Crippen LogP contribution >= 0.6 is 23.8 Å². The topological polar surface area (TPSA) is 61.9 Å². The highest BCUT2D eigenvalue weighted by molar-refractivity contribution is 7.80. The summed E-state index contributed by atoms with van der Waals surface area (Å²) in [6.07, 6.45) is 0.501. The van der Waals surface area contributed by atoms with Crippen LogP contribution in [-0.2, 0) is 16.0 Å². The number of carbonyl (C=O) groups is 2. The molecule has 9 heteroatoms. The van der Waals surface area contributed by atoms with Crippen molar-refractivity contribution >= 4 is 52.1 Å². The molecule has 4 rings (SSSR count). The standard InChI is InChI=1S/C26H23ClFN3O3S/c1-34-22-12-10-21(11-13-22)31-25(33)23(16-24(32)29-20-8-6-19(28)7-9-20)30(26(31)35)15-14-17-2-4-18(27)5-3-17/h2-13,23H,14-16H2,1H3,(H,29,32)/t23-/m1/s1. The number of halogens is 2. The van der Waals surface area contributed by atoms with Crippen molar-refractivity contribution in [2.75, 3.05) is 23.9 Å². The number of ether oxygens (including phenoxy) is 1. The zero-order valence-electron chi connectivity index (χ0n) is 18.9. The molecule has 35 heavy (non-hydrogen) atoms. The molecule has 6 nitrogen and oxygen atoms in total. The first-order valence-corrected chi connectivity index (χ1v) is 11.7. The van der Waals surface area contributed by atoms with Gasteiger partial charge >= 0.3 is 0 Å². The van der Waals surface area contributed by atoms with E-state index in [1.807, 2.05) is 24.3 Å². The minimum Gasteiger partial charge on any atom is -0.497 e. The lowest BCUT2D eigenvalue weighted by atomic mass is 10.1. The first kappa shape index (κ1) is 24.6. The predicted molar refractivity (Wildman–Crippen MR) is 138 cm³/mol. The number of rotatable bonds is 8. The van der Waals surface area contributed by atoms with Crippen LogP contribution in [0.3, 0.4) is 0 Å². The molecule has 1 aliphatic rings. The Kier molecular flexibility index (Phi) is 7.63. The highest BCUT2D eigenvalue weighted by Gasteiger charge is 2.43. The molecule has 0 unspecified atom stereocenters. The maximum Gasteiger partial charge on any atom is 0.256 e. The molecule has 1 atom stereocenters. The van der Waals surface area contributed by atoms with Gasteiger partial charge in [0.2, 0.25) is 5.91 Å². The van der Waals surface area contributed by atoms with Gasteiger partial charge in [0, 0.05) is 17.3 Å². The van der Waals surface area contributed by atoms with Gasteiger partial charge in [-0.15, -0.1) is 0 Å². The Morgan fingerprint density at radius 2 is 1.71 bits per heavy atom. The SMILES string of the molecule is COc1ccc(N2C(=O)[C@@H](CC(=O)Nc3ccc(F)cc3)N(CCc3ccc(Cl)cc3)C2=S)cc1. The lowest BCUT2D eigenvalue weighted by molar-refractivity contribution is -0.124. The normalized spacial score (nSPS) is 15.5. The summed E-state index contributed by atoms with van der Waals surface area (Å²) in [7, 11) is 1.56. The van der Waals surface area contributed by atoms with Gasteiger partial charge in [-0.3, -0.25) is 14.5 Å². The monoisotopic (exact) mass is 511 g/mol. The molecule has 3 aromatic carbocycles. The molecule has 1 N–H and O–H groups in total. The second kappa shape index (κ2) is 10.8. The van der Waals surface area contributed by atoms with Crippen molar-refractivity contribution in [2.24, 2.45) is 0 Å². The lowest BCUT2D eigenvalue weighted by Crippen LogP contribution is -2.39. The van der Waals surface area contributed by atoms with Gasteiger partial charge in [0.15, 0.2) is 5.11 Å². The summed E-state index contributed by atoms with van der Waals surface area (Å²) in [5.41, 5.74) is 2.07. The first-order chi connectivity index (χ1) is 16.9. The Morgan fingerprint density at radius 3 is 2.34 bits per heavy atom. The van der Waals surface area contributed by atoms with E-state index < -0.39 is 11.9 Å². The fraction of sp³-hybridized carbons (Fsp3) is 0.192. The van der Waals surface area contributed by atoms with E-state index in [4.69, 9.17) is 28.6 Å². The van der Waals surface area contributed by atoms with Crippen molar-refractivity contribution in [2.45, 2.75) is 18.9 Å². The quantitative estimate of drug-likeness (QED) is 0.428. The summed E-state index contributed by atoms with van der Waals surface area (Å²) in [6.45, 7) is 0.438. The van der Waals surface area contributed by atoms with E-state index in [9.17, 15) is 14.0 Å². The Labute approximate surface area is 213 Å². The van der Waals surface area contributed by atoms with E-state index in [0.29, 0.717) is 40.2 Å². The van der Waals surface area contributed by atoms with E-state index in [-0.39, 0.29) is 18.2 Å². The molecule has 0 radical (unpaired) electrons. The summed E-state index contributed by atoms with van der Waals surface area (Å²) >= 11 is 11.7. The van der Waals surface area contributed by atoms with Crippen LogP contribution in [0.1, 0.15) is 12.0 Å². The van der Waals surface area contributed by atoms with E-state index in [0.717, 1.165) is 5.56 Å². The molecule has 1 fully saturated rings. The van der Waals surface area contributed by atoms with Gasteiger partial charge in [-0.25, -0.2) is 4.39 Å². The Morgan fingerprint density at radius 1 is 1.06 bits per heavy atom. The molecular weight excluding hydrogens is 489 g/mol. The third-order valence-corrected chi connectivity index (χ3v) is 6.38. The van der Waals surface area contributed by atoms with Crippen molar-refractivity contribution in [3.8, 4) is 5.75 Å². The van der Waals surface area contributed by atoms with Crippen LogP contribution < -0.4 is 15.0 Å². The number of hydrogen-bond donors (Lipinski definition) is 1. The van der Waals surface area contributed by atoms with Crippen LogP contribution in [0.15, 0.2) is 72.8 Å². The molecule has 0 aromatic heterocycles. The zero-order chi connectivity index (χ0) is 24.9. The summed E-state index contributed by atoms with van der Waals surface area (Å²) in [5, 5.41) is 3.69. The molecule has 3 aromatic rings. The van der Waals surface area contributed by atoms with E-state index in [2.05, 4.69) is 5.32 Å². The first-order valence-electron chi connectivity index (χ1n) is 10.9. The Balaban J connectivity index is 1.55. The van der Waals surface area contributed by atoms with Gasteiger partial charge < -0.3 is 15.0 Å². The number of anilines is 2. The third-order valence-electron chi connectivity index (χ3n) is 5.71. The van der Waals surface area contributed by atoms with E-state index in [1.165, 1.54) is 29.2 Å². The number of amides is 2. The average molecular weight is 512 g/mol. The summed E-state index contributed by atoms with van der Waals surface area (Å²) in [5.74, 6) is -0.402. The number of thiocarbonyl (C=S) groups is 1. The molecule has 0 bridgehead atoms. The number of methoxy groups -OCH3 is 1. The van der Waals surface area contributed by atoms with Crippen LogP contribution in [0.2, 0.25) is 5.02 Å². The van der Waals surface area contributed by atoms with Crippen LogP contribution in [0.25, 0.3) is 0 Å². The van der Waals surface area contributed by atoms with Crippen LogP contribution in [0, 0.1) is 5.82 Å². The Bertz CT molecular complexity index is 1220. The number of carbonyl (C=O) groups excluding carboxylic acids is 2. The lowest BCUT2D eigenvalue weighted by Gasteiger charge is -2.24. The van der Waals surface area contributed by atoms with Crippen molar-refractivity contribution in [1.82, 2.24) is 4.90 Å². The highest BCUT2D eigenvalue weighted by atomic mass is 35.5. The molecule has 0 aliphatic carbocycles. The third kappa shape index (κ3) is 5.78. The van der Waals surface area contributed by atoms with Crippen molar-refractivity contribution < 1.29 is 18.7 Å². The van der Waals surface area contributed by atoms with Crippen molar-refractivity contribution in [1.29, 1.82) is 0 Å². The minimum atomic E-state index is -0.780. The molecule has 2 amide bonds. The average Bonchev–Trinajstić information content (AvgIpc) is 3.08. The number of benzene rings is 3. The van der Waals surface area contributed by atoms with E-state index >= 15 is 0 Å². The summed E-state index contributed by atoms with van der Waals surface area (Å²) in [6, 6.07) is 19.1. The van der Waals surface area contributed by atoms with Gasteiger partial charge in [0.25, 0.3) is 5.91 Å². The van der Waals surface area contributed by atoms with Gasteiger partial charge in [-0.05, 0) is 84.9 Å². The number of nitrogens with zero attached hydrogens (tertiary/aromatic N) is 2. The highest BCUT2D eigenvalue weighted by Crippen LogP contribution is 2.29. The minimum absolute atomic E-state index is 0.108. The molecule has 1 heterocycles. The van der Waals surface area contributed by atoms with E-state index in [1.54, 1.807) is 36.3 Å². The fourth-order valence-corrected chi connectivity index (χ4v) is 4.42. The number of hydrogen-bond acceptors (Lipinski definition) is 4. The van der Waals surface area contributed by atoms with Crippen molar-refractivity contribution in [3.05, 3.63) is 89.2 Å². The summed E-state index contributed by atoms with van der Waals surface area (Å²) in [4.78, 5) is 29.5. The van der Waals surface area contributed by atoms with Gasteiger partial charge in [0.05, 0.1) is 19.2 Å².